The van der Waals surface area contributed by atoms with E-state index in [1.165, 1.54) is 4.90 Å². The Morgan fingerprint density at radius 3 is 2.57 bits per heavy atom. The fraction of sp³-hybridized carbons (Fsp3) is 0.438. The second-order valence-corrected chi connectivity index (χ2v) is 5.67. The van der Waals surface area contributed by atoms with E-state index >= 15 is 0 Å². The number of nitrogens with one attached hydrogen (secondary N) is 3. The molecule has 1 aromatic carbocycles. The monoisotopic (exact) mass is 290 g/mol. The van der Waals surface area contributed by atoms with Gasteiger partial charge in [-0.25, -0.2) is 0 Å². The van der Waals surface area contributed by atoms with Gasteiger partial charge in [-0.2, -0.15) is 0 Å². The Kier molecular flexibility index (Phi) is 5.36. The number of hydrogen-bond acceptors (Lipinski definition) is 3. The van der Waals surface area contributed by atoms with Gasteiger partial charge in [0.25, 0.3) is 5.91 Å². The molecule has 21 heavy (non-hydrogen) atoms. The summed E-state index contributed by atoms with van der Waals surface area (Å²) in [7, 11) is 0. The van der Waals surface area contributed by atoms with E-state index in [1.54, 1.807) is 24.3 Å². The fourth-order valence-electron chi connectivity index (χ4n) is 2.39. The average molecular weight is 290 g/mol. The molecule has 5 nitrogen and oxygen atoms in total. The van der Waals surface area contributed by atoms with E-state index in [9.17, 15) is 9.90 Å². The highest BCUT2D eigenvalue weighted by Gasteiger charge is 2.20. The highest BCUT2D eigenvalue weighted by atomic mass is 16.3. The van der Waals surface area contributed by atoms with Gasteiger partial charge in [0.1, 0.15) is 0 Å². The first-order valence-corrected chi connectivity index (χ1v) is 7.40. The predicted molar refractivity (Wildman–Crippen MR) is 81.2 cm³/mol. The third-order valence-corrected chi connectivity index (χ3v) is 3.85. The van der Waals surface area contributed by atoms with Crippen LogP contribution in [-0.4, -0.2) is 30.1 Å². The van der Waals surface area contributed by atoms with Crippen molar-refractivity contribution >= 4 is 5.91 Å². The van der Waals surface area contributed by atoms with Crippen molar-refractivity contribution in [3.05, 3.63) is 47.7 Å². The topological polar surface area (TPSA) is 65.8 Å². The van der Waals surface area contributed by atoms with Gasteiger partial charge in [0.15, 0.2) is 6.10 Å². The van der Waals surface area contributed by atoms with Crippen LogP contribution in [0.1, 0.15) is 31.9 Å². The lowest BCUT2D eigenvalue weighted by Crippen LogP contribution is -3.15. The minimum absolute atomic E-state index is 0.444. The van der Waals surface area contributed by atoms with Crippen molar-refractivity contribution in [2.24, 2.45) is 0 Å². The number of rotatable bonds is 5. The summed E-state index contributed by atoms with van der Waals surface area (Å²) in [6.07, 6.45) is 1.85. The molecule has 1 aliphatic heterocycles. The first-order valence-electron chi connectivity index (χ1n) is 7.40. The summed E-state index contributed by atoms with van der Waals surface area (Å²) in [5.41, 5.74) is 7.09. The molecule has 1 heterocycles. The van der Waals surface area contributed by atoms with Crippen molar-refractivity contribution in [3.8, 4) is 0 Å². The number of aliphatic hydroxyl groups excluding tert-OH is 1. The Morgan fingerprint density at radius 1 is 1.29 bits per heavy atom. The van der Waals surface area contributed by atoms with Crippen molar-refractivity contribution in [1.82, 2.24) is 10.9 Å². The van der Waals surface area contributed by atoms with Crippen LogP contribution in [0.5, 0.6) is 0 Å². The molecule has 0 radical (unpaired) electrons. The lowest BCUT2D eigenvalue weighted by Gasteiger charge is -2.27. The van der Waals surface area contributed by atoms with Crippen LogP contribution >= 0.6 is 0 Å². The van der Waals surface area contributed by atoms with Crippen molar-refractivity contribution in [3.63, 3.8) is 0 Å². The van der Waals surface area contributed by atoms with E-state index in [4.69, 9.17) is 0 Å². The van der Waals surface area contributed by atoms with Gasteiger partial charge < -0.3 is 15.4 Å². The van der Waals surface area contributed by atoms with E-state index in [-0.39, 0.29) is 0 Å². The van der Waals surface area contributed by atoms with Crippen LogP contribution in [-0.2, 0) is 4.79 Å². The van der Waals surface area contributed by atoms with E-state index in [2.05, 4.69) is 30.8 Å². The van der Waals surface area contributed by atoms with Gasteiger partial charge >= 0.3 is 0 Å². The molecular weight excluding hydrogens is 266 g/mol. The molecule has 5 heteroatoms. The summed E-state index contributed by atoms with van der Waals surface area (Å²) >= 11 is 0. The number of benzene rings is 1. The summed E-state index contributed by atoms with van der Waals surface area (Å²) in [5.74, 6) is -0.444. The number of hydrazine groups is 1. The van der Waals surface area contributed by atoms with Gasteiger partial charge in [0, 0.05) is 12.1 Å². The standard InChI is InChI=1S/C16H23N3O2/c1-12(2)19-10-8-14(9-11-19)17-18-16(21)15(20)13-6-4-3-5-7-13/h3-8,12,15,17,20H,9-11H2,1-2H3,(H,18,21)/p+1/t15-/m1/s1. The maximum absolute atomic E-state index is 11.9. The van der Waals surface area contributed by atoms with E-state index in [1.807, 2.05) is 6.07 Å². The van der Waals surface area contributed by atoms with Crippen LogP contribution in [0, 0.1) is 0 Å². The van der Waals surface area contributed by atoms with Crippen LogP contribution < -0.4 is 15.8 Å². The number of carbonyl (C=O) groups excluding carboxylic acids is 1. The zero-order valence-electron chi connectivity index (χ0n) is 12.6. The first kappa shape index (κ1) is 15.5. The Bertz CT molecular complexity index is 500. The molecule has 114 valence electrons. The second-order valence-electron chi connectivity index (χ2n) is 5.67. The molecule has 2 atom stereocenters. The van der Waals surface area contributed by atoms with Crippen LogP contribution in [0.2, 0.25) is 0 Å². The van der Waals surface area contributed by atoms with E-state index < -0.39 is 12.0 Å². The summed E-state index contributed by atoms with van der Waals surface area (Å²) in [5, 5.41) is 9.96. The highest BCUT2D eigenvalue weighted by Crippen LogP contribution is 2.11. The lowest BCUT2D eigenvalue weighted by molar-refractivity contribution is -0.917. The zero-order chi connectivity index (χ0) is 15.2. The first-order chi connectivity index (χ1) is 10.1. The molecule has 0 fully saturated rings. The minimum atomic E-state index is -1.15. The quantitative estimate of drug-likeness (QED) is 0.574. The average Bonchev–Trinajstić information content (AvgIpc) is 2.53. The predicted octanol–water partition coefficient (Wildman–Crippen LogP) is -0.0783. The van der Waals surface area contributed by atoms with Crippen LogP contribution in [0.3, 0.4) is 0 Å². The fourth-order valence-corrected chi connectivity index (χ4v) is 2.39. The lowest BCUT2D eigenvalue weighted by atomic mass is 10.1. The smallest absolute Gasteiger partial charge is 0.271 e. The second kappa shape index (κ2) is 7.24. The van der Waals surface area contributed by atoms with Gasteiger partial charge in [-0.05, 0) is 25.5 Å². The minimum Gasteiger partial charge on any atom is -0.378 e. The molecule has 2 rings (SSSR count). The van der Waals surface area contributed by atoms with E-state index in [0.29, 0.717) is 11.6 Å². The molecule has 1 aliphatic rings. The molecule has 0 aliphatic carbocycles. The van der Waals surface area contributed by atoms with E-state index in [0.717, 1.165) is 25.2 Å². The number of amides is 1. The number of quaternary nitrogens is 1. The van der Waals surface area contributed by atoms with Gasteiger partial charge in [0.05, 0.1) is 19.1 Å². The SMILES string of the molecule is CC(C)[NH+]1CC=C(NNC(=O)[C@H](O)c2ccccc2)CC1. The molecule has 1 unspecified atom stereocenters. The van der Waals surface area contributed by atoms with Crippen LogP contribution in [0.25, 0.3) is 0 Å². The maximum Gasteiger partial charge on any atom is 0.271 e. The molecule has 0 bridgehead atoms. The summed E-state index contributed by atoms with van der Waals surface area (Å²) in [6.45, 7) is 6.42. The Labute approximate surface area is 125 Å². The summed E-state index contributed by atoms with van der Waals surface area (Å²) < 4.78 is 0. The zero-order valence-corrected chi connectivity index (χ0v) is 12.6. The van der Waals surface area contributed by atoms with Gasteiger partial charge in [-0.3, -0.25) is 10.2 Å². The number of carbonyl (C=O) groups is 1. The maximum atomic E-state index is 11.9. The molecule has 1 aromatic rings. The molecule has 0 saturated heterocycles. The Balaban J connectivity index is 1.82. The van der Waals surface area contributed by atoms with Gasteiger partial charge in [-0.1, -0.05) is 30.3 Å². The Hall–Kier alpha value is -1.85. The van der Waals surface area contributed by atoms with Crippen LogP contribution in [0.15, 0.2) is 42.1 Å². The highest BCUT2D eigenvalue weighted by molar-refractivity contribution is 5.81. The molecular formula is C16H24N3O2+. The van der Waals surface area contributed by atoms with Crippen molar-refractivity contribution in [1.29, 1.82) is 0 Å². The van der Waals surface area contributed by atoms with Gasteiger partial charge in [0.2, 0.25) is 0 Å². The summed E-state index contributed by atoms with van der Waals surface area (Å²) in [4.78, 5) is 13.4. The third kappa shape index (κ3) is 4.31. The largest absolute Gasteiger partial charge is 0.378 e. The summed E-state index contributed by atoms with van der Waals surface area (Å²) in [6, 6.07) is 9.51. The normalized spacial score (nSPS) is 19.8. The van der Waals surface area contributed by atoms with Crippen molar-refractivity contribution in [2.75, 3.05) is 13.1 Å². The van der Waals surface area contributed by atoms with Crippen LogP contribution in [0.4, 0.5) is 0 Å². The molecule has 0 spiro atoms. The van der Waals surface area contributed by atoms with Crippen molar-refractivity contribution in [2.45, 2.75) is 32.4 Å². The molecule has 0 saturated carbocycles. The van der Waals surface area contributed by atoms with Crippen molar-refractivity contribution < 1.29 is 14.8 Å². The molecule has 0 aromatic heterocycles. The Morgan fingerprint density at radius 2 is 2.00 bits per heavy atom. The number of hydrogen-bond donors (Lipinski definition) is 4. The number of aliphatic hydroxyl groups is 1. The molecule has 4 N–H and O–H groups in total. The van der Waals surface area contributed by atoms with Gasteiger partial charge in [-0.15, -0.1) is 0 Å². The molecule has 1 amide bonds. The third-order valence-electron chi connectivity index (χ3n) is 3.85.